The van der Waals surface area contributed by atoms with Crippen molar-refractivity contribution in [3.63, 3.8) is 0 Å². The molecule has 7 nitrogen and oxygen atoms in total. The Kier molecular flexibility index (Phi) is 9.66. The van der Waals surface area contributed by atoms with E-state index in [0.717, 1.165) is 10.0 Å². The van der Waals surface area contributed by atoms with Gasteiger partial charge in [0.25, 0.3) is 0 Å². The van der Waals surface area contributed by atoms with Crippen molar-refractivity contribution in [2.24, 2.45) is 5.10 Å². The smallest absolute Gasteiger partial charge is 0.249 e. The van der Waals surface area contributed by atoms with Crippen LogP contribution in [-0.4, -0.2) is 24.6 Å². The number of halogens is 2. The van der Waals surface area contributed by atoms with E-state index in [0.29, 0.717) is 40.4 Å². The lowest BCUT2D eigenvalue weighted by Crippen LogP contribution is -2.24. The molecular formula is C25H23Br2N3O4. The third-order valence-corrected chi connectivity index (χ3v) is 5.53. The fourth-order valence-electron chi connectivity index (χ4n) is 2.89. The lowest BCUT2D eigenvalue weighted by molar-refractivity contribution is -0.126. The van der Waals surface area contributed by atoms with Crippen LogP contribution >= 0.6 is 31.9 Å². The van der Waals surface area contributed by atoms with E-state index in [1.165, 1.54) is 6.21 Å². The highest BCUT2D eigenvalue weighted by atomic mass is 79.9. The van der Waals surface area contributed by atoms with Gasteiger partial charge in [-0.25, -0.2) is 5.43 Å². The highest BCUT2D eigenvalue weighted by molar-refractivity contribution is 9.10. The third-order valence-electron chi connectivity index (χ3n) is 4.41. The average molecular weight is 589 g/mol. The Morgan fingerprint density at radius 3 is 2.41 bits per heavy atom. The summed E-state index contributed by atoms with van der Waals surface area (Å²) in [6.45, 7) is 2.71. The van der Waals surface area contributed by atoms with Crippen LogP contribution in [0.25, 0.3) is 0 Å². The molecule has 0 saturated carbocycles. The van der Waals surface area contributed by atoms with Gasteiger partial charge < -0.3 is 14.8 Å². The molecule has 0 heterocycles. The molecule has 0 aliphatic carbocycles. The first-order valence-corrected chi connectivity index (χ1v) is 12.0. The Hall–Kier alpha value is -3.17. The molecule has 3 rings (SSSR count). The maximum absolute atomic E-state index is 12.0. The summed E-state index contributed by atoms with van der Waals surface area (Å²) < 4.78 is 13.4. The van der Waals surface area contributed by atoms with Crippen LogP contribution in [0.15, 0.2) is 80.8 Å². The summed E-state index contributed by atoms with van der Waals surface area (Å²) in [5.41, 5.74) is 4.68. The van der Waals surface area contributed by atoms with Crippen molar-refractivity contribution in [1.29, 1.82) is 0 Å². The number of anilines is 1. The number of carbonyl (C=O) groups excluding carboxylic acids is 2. The first kappa shape index (κ1) is 25.5. The molecule has 9 heteroatoms. The maximum Gasteiger partial charge on any atom is 0.249 e. The minimum absolute atomic E-state index is 0.344. The van der Waals surface area contributed by atoms with E-state index in [1.807, 2.05) is 37.3 Å². The molecule has 176 valence electrons. The van der Waals surface area contributed by atoms with Crippen LogP contribution in [-0.2, 0) is 16.2 Å². The number of nitrogens with one attached hydrogen (secondary N) is 2. The van der Waals surface area contributed by atoms with Crippen molar-refractivity contribution in [3.05, 3.63) is 86.8 Å². The van der Waals surface area contributed by atoms with Gasteiger partial charge in [-0.1, -0.05) is 46.3 Å². The second-order valence-electron chi connectivity index (χ2n) is 7.06. The summed E-state index contributed by atoms with van der Waals surface area (Å²) in [6.07, 6.45) is 1.13. The van der Waals surface area contributed by atoms with Crippen LogP contribution in [0.4, 0.5) is 5.69 Å². The number of hydrazone groups is 1. The largest absolute Gasteiger partial charge is 0.490 e. The Morgan fingerprint density at radius 2 is 1.71 bits per heavy atom. The van der Waals surface area contributed by atoms with Gasteiger partial charge >= 0.3 is 0 Å². The molecule has 0 bridgehead atoms. The van der Waals surface area contributed by atoms with E-state index in [-0.39, 0.29) is 6.42 Å². The molecule has 2 N–H and O–H groups in total. The molecule has 3 aromatic carbocycles. The zero-order chi connectivity index (χ0) is 24.3. The molecule has 0 atom stereocenters. The molecule has 0 aliphatic rings. The van der Waals surface area contributed by atoms with Gasteiger partial charge in [0.05, 0.1) is 17.3 Å². The Bertz CT molecular complexity index is 1150. The SMILES string of the molecule is CCOc1cc(C=NNC(=O)CC(=O)Nc2ccccc2)cc(Br)c1OCc1ccc(Br)cc1. The first-order chi connectivity index (χ1) is 16.4. The molecule has 2 amide bonds. The van der Waals surface area contributed by atoms with Crippen molar-refractivity contribution in [1.82, 2.24) is 5.43 Å². The van der Waals surface area contributed by atoms with Crippen LogP contribution in [0, 0.1) is 0 Å². The van der Waals surface area contributed by atoms with Crippen molar-refractivity contribution >= 4 is 55.6 Å². The lowest BCUT2D eigenvalue weighted by Gasteiger charge is -2.14. The zero-order valence-corrected chi connectivity index (χ0v) is 21.6. The van der Waals surface area contributed by atoms with Gasteiger partial charge in [0.1, 0.15) is 13.0 Å². The predicted octanol–water partition coefficient (Wildman–Crippen LogP) is 5.67. The molecule has 0 fully saturated rings. The quantitative estimate of drug-likeness (QED) is 0.181. The predicted molar refractivity (Wildman–Crippen MR) is 139 cm³/mol. The van der Waals surface area contributed by atoms with E-state index in [2.05, 4.69) is 47.7 Å². The number of nitrogens with zero attached hydrogens (tertiary/aromatic N) is 1. The molecule has 0 aromatic heterocycles. The molecule has 0 radical (unpaired) electrons. The first-order valence-electron chi connectivity index (χ1n) is 10.4. The third kappa shape index (κ3) is 8.00. The van der Waals surface area contributed by atoms with E-state index >= 15 is 0 Å². The van der Waals surface area contributed by atoms with Crippen molar-refractivity contribution in [2.75, 3.05) is 11.9 Å². The van der Waals surface area contributed by atoms with E-state index in [9.17, 15) is 9.59 Å². The summed E-state index contributed by atoms with van der Waals surface area (Å²) in [7, 11) is 0. The highest BCUT2D eigenvalue weighted by Crippen LogP contribution is 2.37. The maximum atomic E-state index is 12.0. The standard InChI is InChI=1S/C25H23Br2N3O4/c1-2-33-22-13-18(12-21(27)25(22)34-16-17-8-10-19(26)11-9-17)15-28-30-24(32)14-23(31)29-20-6-4-3-5-7-20/h3-13,15H,2,14,16H2,1H3,(H,29,31)(H,30,32). The van der Waals surface area contributed by atoms with Gasteiger partial charge in [-0.3, -0.25) is 9.59 Å². The number of carbonyl (C=O) groups is 2. The minimum atomic E-state index is -0.525. The molecule has 0 spiro atoms. The van der Waals surface area contributed by atoms with Crippen molar-refractivity contribution < 1.29 is 19.1 Å². The topological polar surface area (TPSA) is 89.0 Å². The van der Waals surface area contributed by atoms with Gasteiger partial charge in [-0.15, -0.1) is 0 Å². The number of para-hydroxylation sites is 1. The summed E-state index contributed by atoms with van der Waals surface area (Å²) in [6, 6.07) is 20.4. The van der Waals surface area contributed by atoms with Crippen LogP contribution < -0.4 is 20.2 Å². The van der Waals surface area contributed by atoms with Gasteiger partial charge in [-0.05, 0) is 70.4 Å². The lowest BCUT2D eigenvalue weighted by atomic mass is 10.2. The molecule has 0 unspecified atom stereocenters. The number of hydrogen-bond donors (Lipinski definition) is 2. The van der Waals surface area contributed by atoms with Gasteiger partial charge in [-0.2, -0.15) is 5.10 Å². The Balaban J connectivity index is 1.59. The van der Waals surface area contributed by atoms with Gasteiger partial charge in [0.2, 0.25) is 11.8 Å². The Labute approximate surface area is 214 Å². The van der Waals surface area contributed by atoms with Crippen LogP contribution in [0.2, 0.25) is 0 Å². The van der Waals surface area contributed by atoms with E-state index in [1.54, 1.807) is 36.4 Å². The van der Waals surface area contributed by atoms with Gasteiger partial charge in [0.15, 0.2) is 11.5 Å². The van der Waals surface area contributed by atoms with Crippen molar-refractivity contribution in [2.45, 2.75) is 20.0 Å². The Morgan fingerprint density at radius 1 is 0.971 bits per heavy atom. The van der Waals surface area contributed by atoms with Gasteiger partial charge in [0, 0.05) is 10.2 Å². The number of ether oxygens (including phenoxy) is 2. The molecule has 34 heavy (non-hydrogen) atoms. The second kappa shape index (κ2) is 12.9. The molecule has 0 saturated heterocycles. The summed E-state index contributed by atoms with van der Waals surface area (Å²) >= 11 is 6.94. The normalized spacial score (nSPS) is 10.7. The minimum Gasteiger partial charge on any atom is -0.490 e. The zero-order valence-electron chi connectivity index (χ0n) is 18.4. The number of benzene rings is 3. The molecular weight excluding hydrogens is 566 g/mol. The summed E-state index contributed by atoms with van der Waals surface area (Å²) in [4.78, 5) is 24.0. The monoisotopic (exact) mass is 587 g/mol. The summed E-state index contributed by atoms with van der Waals surface area (Å²) in [5, 5.41) is 6.60. The molecule has 3 aromatic rings. The van der Waals surface area contributed by atoms with Crippen LogP contribution in [0.1, 0.15) is 24.5 Å². The molecule has 0 aliphatic heterocycles. The average Bonchev–Trinajstić information content (AvgIpc) is 2.80. The fourth-order valence-corrected chi connectivity index (χ4v) is 3.73. The number of hydrogen-bond acceptors (Lipinski definition) is 5. The number of amides is 2. The fraction of sp³-hybridized carbons (Fsp3) is 0.160. The van der Waals surface area contributed by atoms with Crippen LogP contribution in [0.3, 0.4) is 0 Å². The van der Waals surface area contributed by atoms with E-state index < -0.39 is 11.8 Å². The second-order valence-corrected chi connectivity index (χ2v) is 8.83. The highest BCUT2D eigenvalue weighted by Gasteiger charge is 2.13. The summed E-state index contributed by atoms with van der Waals surface area (Å²) in [5.74, 6) is 0.170. The number of rotatable bonds is 10. The van der Waals surface area contributed by atoms with Crippen LogP contribution in [0.5, 0.6) is 11.5 Å². The van der Waals surface area contributed by atoms with E-state index in [4.69, 9.17) is 9.47 Å². The van der Waals surface area contributed by atoms with Crippen molar-refractivity contribution in [3.8, 4) is 11.5 Å².